The Balaban J connectivity index is 1.69. The zero-order chi connectivity index (χ0) is 19.9. The van der Waals surface area contributed by atoms with Gasteiger partial charge in [-0.1, -0.05) is 18.9 Å². The van der Waals surface area contributed by atoms with Crippen molar-refractivity contribution in [2.75, 3.05) is 20.3 Å². The van der Waals surface area contributed by atoms with Gasteiger partial charge in [-0.15, -0.1) is 0 Å². The van der Waals surface area contributed by atoms with Crippen molar-refractivity contribution in [2.24, 2.45) is 4.99 Å². The van der Waals surface area contributed by atoms with Crippen LogP contribution in [0.2, 0.25) is 0 Å². The zero-order valence-electron chi connectivity index (χ0n) is 16.1. The smallest absolute Gasteiger partial charge is 0.264 e. The Morgan fingerprint density at radius 3 is 2.86 bits per heavy atom. The zero-order valence-corrected chi connectivity index (χ0v) is 16.9. The lowest BCUT2D eigenvalue weighted by molar-refractivity contribution is -0.123. The van der Waals surface area contributed by atoms with Gasteiger partial charge in [-0.2, -0.15) is 0 Å². The summed E-state index contributed by atoms with van der Waals surface area (Å²) >= 11 is 1.36. The molecule has 150 valence electrons. The normalized spacial score (nSPS) is 19.9. The summed E-state index contributed by atoms with van der Waals surface area (Å²) < 4.78 is 10.9. The van der Waals surface area contributed by atoms with E-state index in [1.165, 1.54) is 31.7 Å². The number of likely N-dealkylation sites (N-methyl/N-ethyl adjacent to an activating group) is 1. The molecule has 1 saturated heterocycles. The molecule has 2 amide bonds. The standard InChI is InChI=1S/C20H25N3O4S/c1-3-21-18(24)12-27-15-9-8-13(10-16(15)26-2)11-17-19(25)23-20(28-17)22-14-6-4-5-7-14/h8-11,14H,3-7,12H2,1-2H3,(H,21,24)(H,22,23,25). The molecule has 2 fully saturated rings. The molecule has 1 heterocycles. The summed E-state index contributed by atoms with van der Waals surface area (Å²) in [6, 6.07) is 5.65. The molecule has 0 atom stereocenters. The molecule has 0 bridgehead atoms. The highest BCUT2D eigenvalue weighted by Gasteiger charge is 2.25. The predicted octanol–water partition coefficient (Wildman–Crippen LogP) is 2.71. The Morgan fingerprint density at radius 1 is 1.36 bits per heavy atom. The lowest BCUT2D eigenvalue weighted by Gasteiger charge is -2.11. The van der Waals surface area contributed by atoms with Gasteiger partial charge >= 0.3 is 0 Å². The van der Waals surface area contributed by atoms with Gasteiger partial charge in [0, 0.05) is 6.54 Å². The van der Waals surface area contributed by atoms with Crippen molar-refractivity contribution in [1.82, 2.24) is 10.6 Å². The number of rotatable bonds is 7. The number of nitrogens with zero attached hydrogens (tertiary/aromatic N) is 1. The van der Waals surface area contributed by atoms with E-state index < -0.39 is 0 Å². The average molecular weight is 404 g/mol. The minimum atomic E-state index is -0.191. The number of benzene rings is 1. The highest BCUT2D eigenvalue weighted by Crippen LogP contribution is 2.32. The molecule has 8 heteroatoms. The third-order valence-electron chi connectivity index (χ3n) is 4.49. The molecule has 0 spiro atoms. The predicted molar refractivity (Wildman–Crippen MR) is 111 cm³/mol. The molecular formula is C20H25N3O4S. The van der Waals surface area contributed by atoms with Crippen LogP contribution in [0.4, 0.5) is 0 Å². The second-order valence-electron chi connectivity index (χ2n) is 6.59. The van der Waals surface area contributed by atoms with Crippen LogP contribution in [-0.2, 0) is 9.59 Å². The topological polar surface area (TPSA) is 89.0 Å². The first kappa shape index (κ1) is 20.3. The first-order valence-corrected chi connectivity index (χ1v) is 10.3. The minimum absolute atomic E-state index is 0.0795. The Bertz CT molecular complexity index is 801. The Morgan fingerprint density at radius 2 is 2.14 bits per heavy atom. The fraction of sp³-hybridized carbons (Fsp3) is 0.450. The Hall–Kier alpha value is -2.48. The molecule has 7 nitrogen and oxygen atoms in total. The summed E-state index contributed by atoms with van der Waals surface area (Å²) in [6.07, 6.45) is 6.39. The van der Waals surface area contributed by atoms with Gasteiger partial charge < -0.3 is 20.1 Å². The molecule has 0 aromatic heterocycles. The number of thioether (sulfide) groups is 1. The lowest BCUT2D eigenvalue weighted by atomic mass is 10.2. The maximum atomic E-state index is 12.2. The average Bonchev–Trinajstić information content (AvgIpc) is 3.31. The van der Waals surface area contributed by atoms with Crippen LogP contribution in [0.1, 0.15) is 38.2 Å². The van der Waals surface area contributed by atoms with Crippen molar-refractivity contribution < 1.29 is 19.1 Å². The maximum Gasteiger partial charge on any atom is 0.264 e. The number of carbonyl (C=O) groups excluding carboxylic acids is 2. The van der Waals surface area contributed by atoms with E-state index in [4.69, 9.17) is 9.47 Å². The van der Waals surface area contributed by atoms with E-state index in [1.54, 1.807) is 18.2 Å². The van der Waals surface area contributed by atoms with Gasteiger partial charge in [0.2, 0.25) is 0 Å². The fourth-order valence-electron chi connectivity index (χ4n) is 3.12. The van der Waals surface area contributed by atoms with Crippen LogP contribution in [0.25, 0.3) is 6.08 Å². The van der Waals surface area contributed by atoms with E-state index in [2.05, 4.69) is 15.6 Å². The van der Waals surface area contributed by atoms with E-state index in [0.717, 1.165) is 18.4 Å². The van der Waals surface area contributed by atoms with E-state index in [-0.39, 0.29) is 18.4 Å². The number of aliphatic imine (C=N–C) groups is 1. The van der Waals surface area contributed by atoms with E-state index in [1.807, 2.05) is 13.0 Å². The number of hydrogen-bond acceptors (Lipinski definition) is 6. The number of amidine groups is 1. The molecular weight excluding hydrogens is 378 g/mol. The van der Waals surface area contributed by atoms with Crippen LogP contribution in [0, 0.1) is 0 Å². The lowest BCUT2D eigenvalue weighted by Crippen LogP contribution is -2.28. The molecule has 1 aromatic carbocycles. The first-order chi connectivity index (χ1) is 13.6. The summed E-state index contributed by atoms with van der Waals surface area (Å²) in [5, 5.41) is 6.19. The number of methoxy groups -OCH3 is 1. The van der Waals surface area contributed by atoms with Gasteiger partial charge in [-0.25, -0.2) is 0 Å². The number of nitrogens with one attached hydrogen (secondary N) is 2. The van der Waals surface area contributed by atoms with E-state index in [9.17, 15) is 9.59 Å². The Labute approximate surface area is 169 Å². The summed E-state index contributed by atoms with van der Waals surface area (Å²) in [4.78, 5) is 29.0. The van der Waals surface area contributed by atoms with Crippen LogP contribution in [-0.4, -0.2) is 43.3 Å². The number of hydrogen-bond donors (Lipinski definition) is 2. The maximum absolute atomic E-state index is 12.2. The quantitative estimate of drug-likeness (QED) is 0.684. The number of amides is 2. The fourth-order valence-corrected chi connectivity index (χ4v) is 4.02. The monoisotopic (exact) mass is 403 g/mol. The van der Waals surface area contributed by atoms with Crippen molar-refractivity contribution >= 4 is 34.8 Å². The molecule has 2 N–H and O–H groups in total. The molecule has 1 saturated carbocycles. The highest BCUT2D eigenvalue weighted by molar-refractivity contribution is 8.18. The van der Waals surface area contributed by atoms with Gasteiger partial charge in [-0.3, -0.25) is 14.6 Å². The van der Waals surface area contributed by atoms with Crippen molar-refractivity contribution in [3.05, 3.63) is 28.7 Å². The second kappa shape index (κ2) is 9.64. The highest BCUT2D eigenvalue weighted by atomic mass is 32.2. The minimum Gasteiger partial charge on any atom is -0.493 e. The van der Waals surface area contributed by atoms with Crippen LogP contribution in [0.15, 0.2) is 28.1 Å². The third-order valence-corrected chi connectivity index (χ3v) is 5.42. The number of ether oxygens (including phenoxy) is 2. The second-order valence-corrected chi connectivity index (χ2v) is 7.62. The van der Waals surface area contributed by atoms with E-state index >= 15 is 0 Å². The summed E-state index contributed by atoms with van der Waals surface area (Å²) in [7, 11) is 1.54. The van der Waals surface area contributed by atoms with Crippen LogP contribution in [0.5, 0.6) is 11.5 Å². The largest absolute Gasteiger partial charge is 0.493 e. The van der Waals surface area contributed by atoms with Gasteiger partial charge in [0.15, 0.2) is 23.3 Å². The van der Waals surface area contributed by atoms with Crippen LogP contribution in [0.3, 0.4) is 0 Å². The summed E-state index contributed by atoms with van der Waals surface area (Å²) in [5.41, 5.74) is 0.807. The molecule has 28 heavy (non-hydrogen) atoms. The Kier molecular flexibility index (Phi) is 6.97. The van der Waals surface area contributed by atoms with E-state index in [0.29, 0.717) is 34.2 Å². The SMILES string of the molecule is CCNC(=O)COc1ccc(C=C2SC(=NC3CCCC3)NC2=O)cc1OC. The molecule has 0 unspecified atom stereocenters. The van der Waals surface area contributed by atoms with Crippen LogP contribution >= 0.6 is 11.8 Å². The molecule has 0 radical (unpaired) electrons. The summed E-state index contributed by atoms with van der Waals surface area (Å²) in [6.45, 7) is 2.32. The number of carbonyl (C=O) groups is 2. The molecule has 1 aliphatic carbocycles. The van der Waals surface area contributed by atoms with Gasteiger partial charge in [-0.05, 0) is 55.3 Å². The first-order valence-electron chi connectivity index (χ1n) is 9.45. The van der Waals surface area contributed by atoms with Gasteiger partial charge in [0.1, 0.15) is 0 Å². The van der Waals surface area contributed by atoms with Crippen molar-refractivity contribution in [3.8, 4) is 11.5 Å². The van der Waals surface area contributed by atoms with Crippen LogP contribution < -0.4 is 20.1 Å². The molecule has 2 aliphatic rings. The van der Waals surface area contributed by atoms with Gasteiger partial charge in [0.05, 0.1) is 18.1 Å². The molecule has 3 rings (SSSR count). The third kappa shape index (κ3) is 5.28. The molecule has 1 aromatic rings. The van der Waals surface area contributed by atoms with Crippen molar-refractivity contribution in [2.45, 2.75) is 38.6 Å². The van der Waals surface area contributed by atoms with Gasteiger partial charge in [0.25, 0.3) is 11.8 Å². The summed E-state index contributed by atoms with van der Waals surface area (Å²) in [5.74, 6) is 0.644. The van der Waals surface area contributed by atoms with Crippen molar-refractivity contribution in [1.29, 1.82) is 0 Å². The van der Waals surface area contributed by atoms with Crippen molar-refractivity contribution in [3.63, 3.8) is 0 Å². The molecule has 1 aliphatic heterocycles.